The van der Waals surface area contributed by atoms with E-state index < -0.39 is 29.6 Å². The summed E-state index contributed by atoms with van der Waals surface area (Å²) in [6.45, 7) is -0.110. The lowest BCUT2D eigenvalue weighted by Crippen LogP contribution is -2.42. The van der Waals surface area contributed by atoms with Crippen molar-refractivity contribution in [3.05, 3.63) is 92.6 Å². The van der Waals surface area contributed by atoms with E-state index in [0.717, 1.165) is 40.4 Å². The van der Waals surface area contributed by atoms with Crippen molar-refractivity contribution in [2.24, 2.45) is 5.10 Å². The average Bonchev–Trinajstić information content (AvgIpc) is 3.56. The number of rotatable bonds is 8. The Bertz CT molecular complexity index is 1260. The molecule has 0 aliphatic carbocycles. The molecule has 1 aliphatic heterocycles. The lowest BCUT2D eigenvalue weighted by molar-refractivity contribution is -0.137. The number of alkyl halides is 3. The summed E-state index contributed by atoms with van der Waals surface area (Å²) < 4.78 is 43.9. The van der Waals surface area contributed by atoms with Crippen molar-refractivity contribution in [2.45, 2.75) is 18.6 Å². The largest absolute Gasteiger partial charge is 0.416 e. The summed E-state index contributed by atoms with van der Waals surface area (Å²) in [5.41, 5.74) is 0.767. The quantitative estimate of drug-likeness (QED) is 0.352. The van der Waals surface area contributed by atoms with Crippen LogP contribution >= 0.6 is 22.9 Å². The zero-order valence-electron chi connectivity index (χ0n) is 19.7. The number of amides is 2. The maximum absolute atomic E-state index is 13.5. The van der Waals surface area contributed by atoms with E-state index in [0.29, 0.717) is 11.4 Å². The van der Waals surface area contributed by atoms with Crippen LogP contribution in [0.15, 0.2) is 71.1 Å². The lowest BCUT2D eigenvalue weighted by Gasteiger charge is -2.27. The molecule has 1 unspecified atom stereocenters. The van der Waals surface area contributed by atoms with E-state index in [4.69, 9.17) is 16.3 Å². The molecule has 0 fully saturated rings. The number of carbonyl (C=O) groups is 2. The van der Waals surface area contributed by atoms with Crippen molar-refractivity contribution in [1.82, 2.24) is 9.91 Å². The molecule has 0 saturated carbocycles. The van der Waals surface area contributed by atoms with E-state index in [1.807, 2.05) is 29.6 Å². The Kier molecular flexibility index (Phi) is 8.31. The second-order valence-electron chi connectivity index (χ2n) is 8.33. The molecule has 0 spiro atoms. The molecule has 2 aromatic carbocycles. The Balaban J connectivity index is 1.58. The summed E-state index contributed by atoms with van der Waals surface area (Å²) in [5, 5.41) is 8.46. The van der Waals surface area contributed by atoms with Crippen LogP contribution < -0.4 is 0 Å². The molecule has 0 bridgehead atoms. The maximum atomic E-state index is 13.5. The monoisotopic (exact) mass is 549 g/mol. The molecule has 2 heterocycles. The molecule has 1 aromatic heterocycles. The number of hydrogen-bond acceptors (Lipinski definition) is 5. The van der Waals surface area contributed by atoms with Crippen LogP contribution in [0.1, 0.15) is 38.8 Å². The predicted octanol–water partition coefficient (Wildman–Crippen LogP) is 5.89. The van der Waals surface area contributed by atoms with Crippen LogP contribution in [0.5, 0.6) is 0 Å². The van der Waals surface area contributed by atoms with Crippen LogP contribution in [0.3, 0.4) is 0 Å². The molecular weight excluding hydrogens is 527 g/mol. The van der Waals surface area contributed by atoms with Crippen LogP contribution in [0.2, 0.25) is 5.02 Å². The van der Waals surface area contributed by atoms with Crippen molar-refractivity contribution >= 4 is 40.5 Å². The van der Waals surface area contributed by atoms with E-state index in [9.17, 15) is 22.8 Å². The third-order valence-electron chi connectivity index (χ3n) is 5.86. The van der Waals surface area contributed by atoms with Crippen LogP contribution in [-0.2, 0) is 15.7 Å². The highest BCUT2D eigenvalue weighted by molar-refractivity contribution is 7.12. The van der Waals surface area contributed by atoms with E-state index in [-0.39, 0.29) is 25.3 Å². The molecule has 0 radical (unpaired) electrons. The van der Waals surface area contributed by atoms with E-state index in [2.05, 4.69) is 5.10 Å². The van der Waals surface area contributed by atoms with Gasteiger partial charge in [-0.1, -0.05) is 29.8 Å². The molecule has 6 nitrogen and oxygen atoms in total. The first-order valence-electron chi connectivity index (χ1n) is 11.3. The average molecular weight is 550 g/mol. The van der Waals surface area contributed by atoms with Gasteiger partial charge in [-0.05, 0) is 53.4 Å². The zero-order valence-corrected chi connectivity index (χ0v) is 21.3. The van der Waals surface area contributed by atoms with Crippen molar-refractivity contribution in [1.29, 1.82) is 0 Å². The normalized spacial score (nSPS) is 15.5. The van der Waals surface area contributed by atoms with Crippen LogP contribution in [0, 0.1) is 0 Å². The van der Waals surface area contributed by atoms with Crippen LogP contribution in [-0.4, -0.2) is 54.2 Å². The van der Waals surface area contributed by atoms with Gasteiger partial charge in [0.2, 0.25) is 0 Å². The zero-order chi connectivity index (χ0) is 26.6. The number of benzene rings is 2. The summed E-state index contributed by atoms with van der Waals surface area (Å²) >= 11 is 7.56. The summed E-state index contributed by atoms with van der Waals surface area (Å²) in [4.78, 5) is 28.9. The third kappa shape index (κ3) is 6.38. The standard InChI is InChI=1S/C26H23ClF3N3O3S/c1-36-13-12-32(25(35)18-4-8-19(9-5-18)26(28,29)30)16-24(34)33-22(17-6-10-20(27)11-7-17)15-21(31-33)23-3-2-14-37-23/h2-11,14,22H,12-13,15-16H2,1H3. The first-order valence-corrected chi connectivity index (χ1v) is 12.6. The molecular formula is C26H23ClF3N3O3S. The maximum Gasteiger partial charge on any atom is 0.416 e. The van der Waals surface area contributed by atoms with E-state index in [1.54, 1.807) is 12.1 Å². The fourth-order valence-corrected chi connectivity index (χ4v) is 4.80. The SMILES string of the molecule is COCCN(CC(=O)N1N=C(c2cccs2)CC1c1ccc(Cl)cc1)C(=O)c1ccc(C(F)(F)F)cc1. The fraction of sp³-hybridized carbons (Fsp3) is 0.269. The molecule has 37 heavy (non-hydrogen) atoms. The van der Waals surface area contributed by atoms with E-state index >= 15 is 0 Å². The Labute approximate surface area is 220 Å². The number of ether oxygens (including phenoxy) is 1. The van der Waals surface area contributed by atoms with Gasteiger partial charge in [-0.25, -0.2) is 5.01 Å². The number of halogens is 4. The molecule has 4 rings (SSSR count). The minimum Gasteiger partial charge on any atom is -0.383 e. The molecule has 11 heteroatoms. The topological polar surface area (TPSA) is 62.2 Å². The summed E-state index contributed by atoms with van der Waals surface area (Å²) in [5.74, 6) is -1.01. The van der Waals surface area contributed by atoms with Gasteiger partial charge in [0.1, 0.15) is 6.54 Å². The molecule has 2 amide bonds. The van der Waals surface area contributed by atoms with E-state index in [1.165, 1.54) is 28.4 Å². The van der Waals surface area contributed by atoms with Crippen molar-refractivity contribution in [3.63, 3.8) is 0 Å². The van der Waals surface area contributed by atoms with Gasteiger partial charge < -0.3 is 9.64 Å². The van der Waals surface area contributed by atoms with Gasteiger partial charge in [-0.15, -0.1) is 11.3 Å². The Morgan fingerprint density at radius 1 is 1.14 bits per heavy atom. The number of hydrogen-bond donors (Lipinski definition) is 0. The van der Waals surface area contributed by atoms with Gasteiger partial charge in [0, 0.05) is 30.7 Å². The number of carbonyl (C=O) groups excluding carboxylic acids is 2. The van der Waals surface area contributed by atoms with Crippen molar-refractivity contribution < 1.29 is 27.5 Å². The first-order chi connectivity index (χ1) is 17.7. The third-order valence-corrected chi connectivity index (χ3v) is 7.03. The van der Waals surface area contributed by atoms with Gasteiger partial charge in [-0.3, -0.25) is 9.59 Å². The molecule has 1 atom stereocenters. The minimum absolute atomic E-state index is 0.0374. The molecule has 194 valence electrons. The Hall–Kier alpha value is -3.21. The van der Waals surface area contributed by atoms with Crippen LogP contribution in [0.4, 0.5) is 13.2 Å². The van der Waals surface area contributed by atoms with Crippen molar-refractivity contribution in [2.75, 3.05) is 26.8 Å². The number of hydrazone groups is 1. The number of thiophene rings is 1. The summed E-state index contributed by atoms with van der Waals surface area (Å²) in [6, 6.07) is 14.5. The first kappa shape index (κ1) is 26.8. The second-order valence-corrected chi connectivity index (χ2v) is 9.71. The highest BCUT2D eigenvalue weighted by atomic mass is 35.5. The summed E-state index contributed by atoms with van der Waals surface area (Å²) in [6.07, 6.45) is -4.03. The van der Waals surface area contributed by atoms with Gasteiger partial charge in [0.25, 0.3) is 11.8 Å². The minimum atomic E-state index is -4.52. The highest BCUT2D eigenvalue weighted by Crippen LogP contribution is 2.34. The Morgan fingerprint density at radius 2 is 1.84 bits per heavy atom. The molecule has 0 saturated heterocycles. The molecule has 0 N–H and O–H groups in total. The lowest BCUT2D eigenvalue weighted by atomic mass is 10.0. The van der Waals surface area contributed by atoms with Gasteiger partial charge in [0.05, 0.1) is 28.8 Å². The molecule has 3 aromatic rings. The highest BCUT2D eigenvalue weighted by Gasteiger charge is 2.35. The van der Waals surface area contributed by atoms with Gasteiger partial charge in [-0.2, -0.15) is 18.3 Å². The van der Waals surface area contributed by atoms with Gasteiger partial charge >= 0.3 is 6.18 Å². The number of methoxy groups -OCH3 is 1. The van der Waals surface area contributed by atoms with Gasteiger partial charge in [0.15, 0.2) is 0 Å². The number of nitrogens with zero attached hydrogens (tertiary/aromatic N) is 3. The second kappa shape index (κ2) is 11.5. The Morgan fingerprint density at radius 3 is 2.43 bits per heavy atom. The molecule has 1 aliphatic rings. The van der Waals surface area contributed by atoms with Crippen LogP contribution in [0.25, 0.3) is 0 Å². The van der Waals surface area contributed by atoms with Crippen molar-refractivity contribution in [3.8, 4) is 0 Å². The fourth-order valence-electron chi connectivity index (χ4n) is 3.95. The summed E-state index contributed by atoms with van der Waals surface area (Å²) in [7, 11) is 1.46. The predicted molar refractivity (Wildman–Crippen MR) is 136 cm³/mol. The smallest absolute Gasteiger partial charge is 0.383 e.